The number of alkyl halides is 3. The number of hydrogen-bond donors (Lipinski definition) is 3. The third kappa shape index (κ3) is 9.09. The molecule has 0 saturated heterocycles. The summed E-state index contributed by atoms with van der Waals surface area (Å²) in [7, 11) is 1.50. The Kier molecular flexibility index (Phi) is 11.4. The van der Waals surface area contributed by atoms with Crippen LogP contribution in [0.5, 0.6) is 0 Å². The van der Waals surface area contributed by atoms with E-state index < -0.39 is 47.6 Å². The molecular weight excluding hydrogens is 621 g/mol. The second-order valence-electron chi connectivity index (χ2n) is 11.3. The summed E-state index contributed by atoms with van der Waals surface area (Å²) in [4.78, 5) is 56.0. The molecule has 1 aliphatic heterocycles. The minimum atomic E-state index is -4.60. The zero-order valence-electron chi connectivity index (χ0n) is 25.5. The Morgan fingerprint density at radius 2 is 1.50 bits per heavy atom. The molecule has 3 aromatic carbocycles. The molecule has 0 fully saturated rings. The van der Waals surface area contributed by atoms with Crippen molar-refractivity contribution in [2.75, 3.05) is 7.05 Å². The zero-order valence-corrected chi connectivity index (χ0v) is 26.3. The van der Waals surface area contributed by atoms with Gasteiger partial charge in [-0.1, -0.05) is 79.5 Å². The quantitative estimate of drug-likeness (QED) is 0.360. The number of halogens is 4. The predicted molar refractivity (Wildman–Crippen MR) is 168 cm³/mol. The van der Waals surface area contributed by atoms with Gasteiger partial charge in [-0.15, -0.1) is 0 Å². The van der Waals surface area contributed by atoms with E-state index in [1.165, 1.54) is 24.1 Å². The van der Waals surface area contributed by atoms with E-state index in [1.54, 1.807) is 48.5 Å². The van der Waals surface area contributed by atoms with Crippen LogP contribution in [0.15, 0.2) is 72.8 Å². The van der Waals surface area contributed by atoms with Gasteiger partial charge in [0.15, 0.2) is 0 Å². The monoisotopic (exact) mass is 656 g/mol. The molecule has 3 N–H and O–H groups in total. The van der Waals surface area contributed by atoms with Crippen molar-refractivity contribution in [1.29, 1.82) is 0 Å². The van der Waals surface area contributed by atoms with Gasteiger partial charge in [0.1, 0.15) is 18.1 Å². The largest absolute Gasteiger partial charge is 0.416 e. The normalized spacial score (nSPS) is 20.1. The van der Waals surface area contributed by atoms with Crippen LogP contribution in [-0.2, 0) is 51.2 Å². The molecule has 1 heterocycles. The number of likely N-dealkylation sites (N-methyl/N-ethyl adjacent to an activating group) is 1. The van der Waals surface area contributed by atoms with Gasteiger partial charge in [0.2, 0.25) is 23.6 Å². The average molecular weight is 657 g/mol. The van der Waals surface area contributed by atoms with E-state index in [9.17, 15) is 32.3 Å². The summed E-state index contributed by atoms with van der Waals surface area (Å²) in [6, 6.07) is 14.9. The van der Waals surface area contributed by atoms with Gasteiger partial charge in [0.05, 0.1) is 12.0 Å². The smallest absolute Gasteiger partial charge is 0.350 e. The van der Waals surface area contributed by atoms with Crippen LogP contribution in [0.4, 0.5) is 13.2 Å². The lowest BCUT2D eigenvalue weighted by Crippen LogP contribution is -2.58. The molecule has 0 spiro atoms. The second-order valence-corrected chi connectivity index (χ2v) is 11.8. The average Bonchev–Trinajstić information content (AvgIpc) is 3.02. The highest BCUT2D eigenvalue weighted by Crippen LogP contribution is 2.30. The van der Waals surface area contributed by atoms with Crippen molar-refractivity contribution in [2.45, 2.75) is 69.9 Å². The summed E-state index contributed by atoms with van der Waals surface area (Å²) in [5.74, 6) is -2.24. The third-order valence-electron chi connectivity index (χ3n) is 7.92. The van der Waals surface area contributed by atoms with Gasteiger partial charge in [0, 0.05) is 31.5 Å². The van der Waals surface area contributed by atoms with Crippen LogP contribution in [0, 0.1) is 0 Å². The van der Waals surface area contributed by atoms with Crippen LogP contribution in [0.25, 0.3) is 0 Å². The fourth-order valence-corrected chi connectivity index (χ4v) is 5.57. The van der Waals surface area contributed by atoms with E-state index in [2.05, 4.69) is 16.0 Å². The molecule has 8 nitrogen and oxygen atoms in total. The molecule has 0 saturated carbocycles. The van der Waals surface area contributed by atoms with Crippen LogP contribution in [0.2, 0.25) is 5.02 Å². The Balaban J connectivity index is 1.75. The number of hydrogen-bond acceptors (Lipinski definition) is 4. The highest BCUT2D eigenvalue weighted by molar-refractivity contribution is 6.30. The third-order valence-corrected chi connectivity index (χ3v) is 8.17. The number of rotatable bonds is 6. The molecule has 0 bridgehead atoms. The zero-order chi connectivity index (χ0) is 33.4. The van der Waals surface area contributed by atoms with Crippen molar-refractivity contribution in [3.63, 3.8) is 0 Å². The molecule has 0 aromatic heterocycles. The van der Waals surface area contributed by atoms with E-state index in [0.717, 1.165) is 12.1 Å². The van der Waals surface area contributed by atoms with Crippen molar-refractivity contribution in [3.05, 3.63) is 106 Å². The lowest BCUT2D eigenvalue weighted by atomic mass is 9.99. The Hall–Kier alpha value is -4.38. The standard InChI is InChI=1S/C34H36ClF3N4O4/c1-3-7-29-32(45)39-20-24-10-5-4-9-23(24)19-30(43)40-27(18-22-8-6-11-25(16-22)34(36,37)38)31(44)41-28(33(46)42(29)2)17-21-12-14-26(35)15-13-21/h4-6,8-16,27-29H,3,7,17-20H2,1-2H3,(H,39,45)(H,40,43)(H,41,44)/t27-,28+,29-/m1/s1. The number of carbonyl (C=O) groups excluding carboxylic acids is 4. The van der Waals surface area contributed by atoms with Crippen LogP contribution in [0.3, 0.4) is 0 Å². The molecule has 3 atom stereocenters. The molecule has 244 valence electrons. The minimum Gasteiger partial charge on any atom is -0.350 e. The molecule has 4 rings (SSSR count). The van der Waals surface area contributed by atoms with E-state index in [0.29, 0.717) is 34.6 Å². The topological polar surface area (TPSA) is 108 Å². The van der Waals surface area contributed by atoms with Crippen LogP contribution in [0.1, 0.15) is 47.6 Å². The number of nitrogens with zero attached hydrogens (tertiary/aromatic N) is 1. The fraction of sp³-hybridized carbons (Fsp3) is 0.353. The van der Waals surface area contributed by atoms with Crippen molar-refractivity contribution in [2.24, 2.45) is 0 Å². The second kappa shape index (κ2) is 15.3. The molecule has 4 amide bonds. The molecule has 0 radical (unpaired) electrons. The molecule has 12 heteroatoms. The van der Waals surface area contributed by atoms with Gasteiger partial charge in [-0.2, -0.15) is 13.2 Å². The number of fused-ring (bicyclic) bond motifs is 1. The maximum Gasteiger partial charge on any atom is 0.416 e. The highest BCUT2D eigenvalue weighted by atomic mass is 35.5. The Bertz CT molecular complexity index is 1560. The van der Waals surface area contributed by atoms with Gasteiger partial charge in [0.25, 0.3) is 0 Å². The predicted octanol–water partition coefficient (Wildman–Crippen LogP) is 4.61. The van der Waals surface area contributed by atoms with Crippen LogP contribution >= 0.6 is 11.6 Å². The summed E-state index contributed by atoms with van der Waals surface area (Å²) in [6.45, 7) is 1.99. The van der Waals surface area contributed by atoms with E-state index in [-0.39, 0.29) is 37.3 Å². The van der Waals surface area contributed by atoms with Gasteiger partial charge in [-0.05, 0) is 46.9 Å². The summed E-state index contributed by atoms with van der Waals surface area (Å²) >= 11 is 6.05. The van der Waals surface area contributed by atoms with Crippen molar-refractivity contribution in [1.82, 2.24) is 20.9 Å². The number of amides is 4. The summed E-state index contributed by atoms with van der Waals surface area (Å²) in [5.41, 5.74) is 1.22. The molecule has 0 unspecified atom stereocenters. The maximum atomic E-state index is 14.0. The number of carbonyl (C=O) groups is 4. The Morgan fingerprint density at radius 1 is 0.826 bits per heavy atom. The summed E-state index contributed by atoms with van der Waals surface area (Å²) in [6.07, 6.45) is -4.03. The molecule has 1 aliphatic rings. The van der Waals surface area contributed by atoms with E-state index in [1.807, 2.05) is 6.92 Å². The van der Waals surface area contributed by atoms with Gasteiger partial charge in [-0.25, -0.2) is 0 Å². The first-order valence-electron chi connectivity index (χ1n) is 15.0. The molecular formula is C34H36ClF3N4O4. The highest BCUT2D eigenvalue weighted by Gasteiger charge is 2.35. The first kappa shape index (κ1) is 34.5. The first-order valence-corrected chi connectivity index (χ1v) is 15.3. The number of nitrogens with one attached hydrogen (secondary N) is 3. The SMILES string of the molecule is CCC[C@@H]1C(=O)NCc2ccccc2CC(=O)N[C@H](Cc2cccc(C(F)(F)F)c2)C(=O)N[C@@H](Cc2ccc(Cl)cc2)C(=O)N1C. The first-order chi connectivity index (χ1) is 21.8. The lowest BCUT2D eigenvalue weighted by Gasteiger charge is -2.31. The van der Waals surface area contributed by atoms with Crippen LogP contribution in [-0.4, -0.2) is 53.7 Å². The van der Waals surface area contributed by atoms with E-state index >= 15 is 0 Å². The van der Waals surface area contributed by atoms with Gasteiger partial charge >= 0.3 is 6.18 Å². The molecule has 0 aliphatic carbocycles. The summed E-state index contributed by atoms with van der Waals surface area (Å²) in [5, 5.41) is 8.77. The molecule has 3 aromatic rings. The van der Waals surface area contributed by atoms with Crippen molar-refractivity contribution >= 4 is 35.2 Å². The van der Waals surface area contributed by atoms with Gasteiger partial charge in [-0.3, -0.25) is 19.2 Å². The van der Waals surface area contributed by atoms with E-state index in [4.69, 9.17) is 11.6 Å². The maximum absolute atomic E-state index is 14.0. The van der Waals surface area contributed by atoms with Crippen molar-refractivity contribution < 1.29 is 32.3 Å². The fourth-order valence-electron chi connectivity index (χ4n) is 5.44. The Labute approximate surface area is 270 Å². The number of benzene rings is 3. The minimum absolute atomic E-state index is 0.0300. The Morgan fingerprint density at radius 3 is 2.17 bits per heavy atom. The van der Waals surface area contributed by atoms with Crippen molar-refractivity contribution in [3.8, 4) is 0 Å². The summed E-state index contributed by atoms with van der Waals surface area (Å²) < 4.78 is 40.4. The van der Waals surface area contributed by atoms with Crippen LogP contribution < -0.4 is 16.0 Å². The molecule has 46 heavy (non-hydrogen) atoms. The lowest BCUT2D eigenvalue weighted by molar-refractivity contribution is -0.142. The van der Waals surface area contributed by atoms with Gasteiger partial charge < -0.3 is 20.9 Å².